The molecule has 1 aromatic carbocycles. The second-order valence-electron chi connectivity index (χ2n) is 4.18. The van der Waals surface area contributed by atoms with Gasteiger partial charge in [-0.3, -0.25) is 0 Å². The van der Waals surface area contributed by atoms with E-state index in [2.05, 4.69) is 4.98 Å². The number of alkyl halides is 3. The molecule has 2 rings (SSSR count). The predicted molar refractivity (Wildman–Crippen MR) is 68.8 cm³/mol. The lowest BCUT2D eigenvalue weighted by atomic mass is 10.1. The lowest BCUT2D eigenvalue weighted by Crippen LogP contribution is -2.05. The highest BCUT2D eigenvalue weighted by Crippen LogP contribution is 2.35. The summed E-state index contributed by atoms with van der Waals surface area (Å²) in [5.74, 6) is -2.26. The summed E-state index contributed by atoms with van der Waals surface area (Å²) in [5, 5.41) is 9.06. The van der Waals surface area contributed by atoms with E-state index in [1.165, 1.54) is 0 Å². The lowest BCUT2D eigenvalue weighted by Gasteiger charge is -2.08. The van der Waals surface area contributed by atoms with Gasteiger partial charge in [0.2, 0.25) is 0 Å². The number of benzene rings is 1. The number of halogens is 4. The highest BCUT2D eigenvalue weighted by molar-refractivity contribution is 7.17. The summed E-state index contributed by atoms with van der Waals surface area (Å²) in [5.41, 5.74) is -0.961. The summed E-state index contributed by atoms with van der Waals surface area (Å²) in [6.45, 7) is 1.68. The SMILES string of the molecule is CCc1nc(-c2cc(F)cc(C(F)(F)F)c2)sc1C(=O)O. The molecule has 0 atom stereocenters. The number of carbonyl (C=O) groups is 1. The van der Waals surface area contributed by atoms with Crippen molar-refractivity contribution in [1.82, 2.24) is 4.98 Å². The topological polar surface area (TPSA) is 50.2 Å². The molecule has 0 unspecified atom stereocenters. The number of aryl methyl sites for hydroxylation is 1. The molecule has 1 N–H and O–H groups in total. The second-order valence-corrected chi connectivity index (χ2v) is 5.18. The van der Waals surface area contributed by atoms with Gasteiger partial charge in [0.25, 0.3) is 0 Å². The molecule has 3 nitrogen and oxygen atoms in total. The van der Waals surface area contributed by atoms with Crippen molar-refractivity contribution in [2.45, 2.75) is 19.5 Å². The van der Waals surface area contributed by atoms with E-state index in [1.807, 2.05) is 0 Å². The molecule has 0 fully saturated rings. The molecular formula is C13H9F4NO2S. The Kier molecular flexibility index (Phi) is 3.99. The van der Waals surface area contributed by atoms with Gasteiger partial charge in [-0.25, -0.2) is 14.2 Å². The minimum atomic E-state index is -4.68. The van der Waals surface area contributed by atoms with E-state index in [-0.39, 0.29) is 21.1 Å². The fraction of sp³-hybridized carbons (Fsp3) is 0.231. The van der Waals surface area contributed by atoms with Gasteiger partial charge in [-0.05, 0) is 24.6 Å². The van der Waals surface area contributed by atoms with Gasteiger partial charge >= 0.3 is 12.1 Å². The van der Waals surface area contributed by atoms with Crippen LogP contribution in [0.1, 0.15) is 27.9 Å². The molecule has 0 radical (unpaired) electrons. The molecule has 0 spiro atoms. The third kappa shape index (κ3) is 3.21. The van der Waals surface area contributed by atoms with Gasteiger partial charge in [0.05, 0.1) is 11.3 Å². The molecule has 1 heterocycles. The maximum Gasteiger partial charge on any atom is 0.416 e. The van der Waals surface area contributed by atoms with Crippen molar-refractivity contribution in [2.75, 3.05) is 0 Å². The van der Waals surface area contributed by atoms with Crippen LogP contribution in [-0.2, 0) is 12.6 Å². The third-order valence-electron chi connectivity index (χ3n) is 2.70. The molecule has 0 aliphatic rings. The Hall–Kier alpha value is -1.96. The van der Waals surface area contributed by atoms with Gasteiger partial charge in [-0.1, -0.05) is 6.92 Å². The van der Waals surface area contributed by atoms with Crippen LogP contribution in [0.4, 0.5) is 17.6 Å². The lowest BCUT2D eigenvalue weighted by molar-refractivity contribution is -0.137. The fourth-order valence-corrected chi connectivity index (χ4v) is 2.74. The van der Waals surface area contributed by atoms with Crippen LogP contribution in [0.2, 0.25) is 0 Å². The second kappa shape index (κ2) is 5.44. The van der Waals surface area contributed by atoms with E-state index >= 15 is 0 Å². The zero-order valence-corrected chi connectivity index (χ0v) is 11.5. The summed E-state index contributed by atoms with van der Waals surface area (Å²) < 4.78 is 51.3. The molecule has 1 aromatic heterocycles. The van der Waals surface area contributed by atoms with Crippen molar-refractivity contribution in [1.29, 1.82) is 0 Å². The quantitative estimate of drug-likeness (QED) is 0.861. The van der Waals surface area contributed by atoms with Gasteiger partial charge in [0.1, 0.15) is 15.7 Å². The average molecular weight is 319 g/mol. The third-order valence-corrected chi connectivity index (χ3v) is 3.83. The fourth-order valence-electron chi connectivity index (χ4n) is 1.76. The van der Waals surface area contributed by atoms with Crippen LogP contribution in [0.15, 0.2) is 18.2 Å². The normalized spacial score (nSPS) is 11.7. The zero-order valence-electron chi connectivity index (χ0n) is 10.7. The maximum absolute atomic E-state index is 13.4. The standard InChI is InChI=1S/C13H9F4NO2S/c1-2-9-10(12(19)20)21-11(18-9)6-3-7(13(15,16)17)5-8(14)4-6/h3-5H,2H2,1H3,(H,19,20). The summed E-state index contributed by atoms with van der Waals surface area (Å²) in [6, 6.07) is 2.04. The number of aromatic carboxylic acids is 1. The van der Waals surface area contributed by atoms with Crippen molar-refractivity contribution in [2.24, 2.45) is 0 Å². The first-order valence-corrected chi connectivity index (χ1v) is 6.65. The van der Waals surface area contributed by atoms with Crippen molar-refractivity contribution >= 4 is 17.3 Å². The van der Waals surface area contributed by atoms with Crippen molar-refractivity contribution in [3.8, 4) is 10.6 Å². The molecule has 0 aliphatic carbocycles. The Labute approximate surface area is 120 Å². The molecule has 0 amide bonds. The predicted octanol–water partition coefficient (Wildman–Crippen LogP) is 4.23. The molecular weight excluding hydrogens is 310 g/mol. The number of rotatable bonds is 3. The first kappa shape index (κ1) is 15.4. The molecule has 112 valence electrons. The Morgan fingerprint density at radius 3 is 2.48 bits per heavy atom. The summed E-state index contributed by atoms with van der Waals surface area (Å²) in [6.07, 6.45) is -4.36. The van der Waals surface area contributed by atoms with E-state index < -0.39 is 23.5 Å². The monoisotopic (exact) mass is 319 g/mol. The van der Waals surface area contributed by atoms with Gasteiger partial charge in [0, 0.05) is 5.56 Å². The smallest absolute Gasteiger partial charge is 0.416 e. The molecule has 0 saturated carbocycles. The van der Waals surface area contributed by atoms with Crippen LogP contribution in [0.3, 0.4) is 0 Å². The average Bonchev–Trinajstić information content (AvgIpc) is 2.81. The summed E-state index contributed by atoms with van der Waals surface area (Å²) in [7, 11) is 0. The summed E-state index contributed by atoms with van der Waals surface area (Å²) >= 11 is 0.729. The number of hydrogen-bond donors (Lipinski definition) is 1. The van der Waals surface area contributed by atoms with Gasteiger partial charge in [-0.2, -0.15) is 13.2 Å². The summed E-state index contributed by atoms with van der Waals surface area (Å²) in [4.78, 5) is 15.0. The van der Waals surface area contributed by atoms with Crippen LogP contribution in [-0.4, -0.2) is 16.1 Å². The minimum absolute atomic E-state index is 0.0502. The van der Waals surface area contributed by atoms with Crippen LogP contribution in [0.25, 0.3) is 10.6 Å². The first-order valence-electron chi connectivity index (χ1n) is 5.83. The maximum atomic E-state index is 13.4. The van der Waals surface area contributed by atoms with Gasteiger partial charge in [-0.15, -0.1) is 11.3 Å². The number of hydrogen-bond acceptors (Lipinski definition) is 3. The highest BCUT2D eigenvalue weighted by Gasteiger charge is 2.32. The van der Waals surface area contributed by atoms with E-state index in [0.29, 0.717) is 12.5 Å². The van der Waals surface area contributed by atoms with E-state index in [4.69, 9.17) is 5.11 Å². The van der Waals surface area contributed by atoms with Crippen molar-refractivity contribution < 1.29 is 27.5 Å². The van der Waals surface area contributed by atoms with E-state index in [1.54, 1.807) is 6.92 Å². The number of carboxylic acids is 1. The van der Waals surface area contributed by atoms with Crippen LogP contribution < -0.4 is 0 Å². The van der Waals surface area contributed by atoms with Crippen LogP contribution >= 0.6 is 11.3 Å². The first-order chi connectivity index (χ1) is 9.72. The van der Waals surface area contributed by atoms with Gasteiger partial charge in [0.15, 0.2) is 0 Å². The Bertz CT molecular complexity index is 694. The van der Waals surface area contributed by atoms with Gasteiger partial charge < -0.3 is 5.11 Å². The Balaban J connectivity index is 2.57. The van der Waals surface area contributed by atoms with E-state index in [9.17, 15) is 22.4 Å². The molecule has 21 heavy (non-hydrogen) atoms. The molecule has 2 aromatic rings. The largest absolute Gasteiger partial charge is 0.477 e. The number of nitrogens with zero attached hydrogens (tertiary/aromatic N) is 1. The molecule has 0 aliphatic heterocycles. The van der Waals surface area contributed by atoms with Crippen molar-refractivity contribution in [3.63, 3.8) is 0 Å². The molecule has 8 heteroatoms. The number of carboxylic acid groups (broad SMARTS) is 1. The van der Waals surface area contributed by atoms with Crippen LogP contribution in [0.5, 0.6) is 0 Å². The Morgan fingerprint density at radius 2 is 2.00 bits per heavy atom. The molecule has 0 saturated heterocycles. The number of thiazole rings is 1. The Morgan fingerprint density at radius 1 is 1.33 bits per heavy atom. The van der Waals surface area contributed by atoms with E-state index in [0.717, 1.165) is 23.5 Å². The van der Waals surface area contributed by atoms with Crippen molar-refractivity contribution in [3.05, 3.63) is 40.2 Å². The highest BCUT2D eigenvalue weighted by atomic mass is 32.1. The number of aromatic nitrogens is 1. The minimum Gasteiger partial charge on any atom is -0.477 e. The zero-order chi connectivity index (χ0) is 15.8. The molecule has 0 bridgehead atoms. The van der Waals surface area contributed by atoms with Crippen LogP contribution in [0, 0.1) is 5.82 Å².